The van der Waals surface area contributed by atoms with E-state index >= 15 is 0 Å². The van der Waals surface area contributed by atoms with Gasteiger partial charge in [0.05, 0.1) is 10.9 Å². The standard InChI is InChI=1S/C25H23F5O4S2/c1-23(2,3)17-9-13-20(14-10-17)35(19-7-5-4-6-8-19)21-15-11-18(12-16-21)34-22(24(26,27)28)25(29,30)36(31,32)33/h4-16,22H,1-3H3/p+1. The minimum atomic E-state index is -6.39. The van der Waals surface area contributed by atoms with E-state index in [4.69, 9.17) is 4.55 Å². The lowest BCUT2D eigenvalue weighted by atomic mass is 9.87. The minimum Gasteiger partial charge on any atom is -0.473 e. The van der Waals surface area contributed by atoms with E-state index in [2.05, 4.69) is 25.5 Å². The maximum absolute atomic E-state index is 13.9. The Kier molecular flexibility index (Phi) is 7.78. The first-order valence-corrected chi connectivity index (χ1v) is 13.3. The molecule has 0 saturated carbocycles. The second kappa shape index (κ2) is 10.0. The van der Waals surface area contributed by atoms with Crippen molar-refractivity contribution in [3.05, 3.63) is 84.4 Å². The SMILES string of the molecule is CC(C)(C)c1ccc([S+](c2ccccc2)c2ccc(OC(C(F)(F)F)C(F)(F)S(=O)(=O)O)cc2)cc1. The zero-order valence-corrected chi connectivity index (χ0v) is 21.1. The van der Waals surface area contributed by atoms with Crippen LogP contribution in [0.3, 0.4) is 0 Å². The molecule has 3 aromatic rings. The molecule has 0 fully saturated rings. The number of halogens is 5. The molecule has 2 unspecified atom stereocenters. The highest BCUT2D eigenvalue weighted by molar-refractivity contribution is 7.97. The van der Waals surface area contributed by atoms with Crippen LogP contribution in [0.5, 0.6) is 5.75 Å². The Labute approximate surface area is 209 Å². The molecule has 0 radical (unpaired) electrons. The fourth-order valence-electron chi connectivity index (χ4n) is 3.31. The monoisotopic (exact) mass is 547 g/mol. The molecule has 194 valence electrons. The van der Waals surface area contributed by atoms with Crippen molar-refractivity contribution in [2.45, 2.75) is 58.4 Å². The largest absolute Gasteiger partial charge is 0.473 e. The summed E-state index contributed by atoms with van der Waals surface area (Å²) in [5.74, 6) is -0.635. The van der Waals surface area contributed by atoms with Crippen molar-refractivity contribution in [2.75, 3.05) is 0 Å². The number of ether oxygens (including phenoxy) is 1. The van der Waals surface area contributed by atoms with Crippen LogP contribution >= 0.6 is 0 Å². The van der Waals surface area contributed by atoms with Gasteiger partial charge in [0.1, 0.15) is 5.75 Å². The van der Waals surface area contributed by atoms with E-state index < -0.39 is 44.3 Å². The summed E-state index contributed by atoms with van der Waals surface area (Å²) in [6.07, 6.45) is -9.87. The van der Waals surface area contributed by atoms with Crippen molar-refractivity contribution in [1.29, 1.82) is 0 Å². The van der Waals surface area contributed by atoms with Crippen LogP contribution in [0.2, 0.25) is 0 Å². The average Bonchev–Trinajstić information content (AvgIpc) is 2.77. The first-order valence-electron chi connectivity index (χ1n) is 10.6. The van der Waals surface area contributed by atoms with Crippen molar-refractivity contribution < 1.29 is 39.7 Å². The van der Waals surface area contributed by atoms with Gasteiger partial charge in [0.25, 0.3) is 6.10 Å². The molecule has 11 heteroatoms. The summed E-state index contributed by atoms with van der Waals surface area (Å²) in [7, 11) is -7.07. The summed E-state index contributed by atoms with van der Waals surface area (Å²) in [5, 5.41) is -5.60. The smallest absolute Gasteiger partial charge is 0.432 e. The van der Waals surface area contributed by atoms with Crippen LogP contribution in [-0.2, 0) is 26.4 Å². The summed E-state index contributed by atoms with van der Waals surface area (Å²) in [6.45, 7) is 6.24. The fraction of sp³-hybridized carbons (Fsp3) is 0.280. The Balaban J connectivity index is 1.99. The molecule has 0 aliphatic rings. The van der Waals surface area contributed by atoms with Crippen molar-refractivity contribution >= 4 is 21.0 Å². The number of hydrogen-bond donors (Lipinski definition) is 1. The first-order chi connectivity index (χ1) is 16.5. The van der Waals surface area contributed by atoms with Gasteiger partial charge >= 0.3 is 21.5 Å². The molecule has 3 aromatic carbocycles. The quantitative estimate of drug-likeness (QED) is 0.199. The first kappa shape index (κ1) is 27.9. The molecule has 0 amide bonds. The highest BCUT2D eigenvalue weighted by Gasteiger charge is 2.65. The van der Waals surface area contributed by atoms with Crippen LogP contribution in [0.25, 0.3) is 0 Å². The summed E-state index contributed by atoms with van der Waals surface area (Å²) < 4.78 is 102. The van der Waals surface area contributed by atoms with E-state index in [0.717, 1.165) is 27.5 Å². The minimum absolute atomic E-state index is 0.0675. The normalized spacial score (nSPS) is 14.8. The number of benzene rings is 3. The summed E-state index contributed by atoms with van der Waals surface area (Å²) >= 11 is 0. The van der Waals surface area contributed by atoms with Crippen LogP contribution < -0.4 is 4.74 Å². The number of alkyl halides is 5. The summed E-state index contributed by atoms with van der Waals surface area (Å²) in [5.41, 5.74) is 1.05. The zero-order chi connectivity index (χ0) is 26.9. The van der Waals surface area contributed by atoms with Gasteiger partial charge in [-0.2, -0.15) is 30.4 Å². The second-order valence-corrected chi connectivity index (χ2v) is 12.5. The third-order valence-corrected chi connectivity index (χ3v) is 8.33. The molecule has 0 aromatic heterocycles. The molecule has 0 aliphatic heterocycles. The fourth-order valence-corrected chi connectivity index (χ4v) is 5.82. The predicted molar refractivity (Wildman–Crippen MR) is 127 cm³/mol. The van der Waals surface area contributed by atoms with Gasteiger partial charge in [0, 0.05) is 0 Å². The van der Waals surface area contributed by atoms with Crippen molar-refractivity contribution in [2.24, 2.45) is 0 Å². The highest BCUT2D eigenvalue weighted by Crippen LogP contribution is 2.39. The molecular formula is C25H24F5O4S2+. The number of rotatable bonds is 7. The van der Waals surface area contributed by atoms with Crippen molar-refractivity contribution in [3.63, 3.8) is 0 Å². The lowest BCUT2D eigenvalue weighted by Gasteiger charge is -2.26. The molecule has 0 aliphatic carbocycles. The van der Waals surface area contributed by atoms with Gasteiger partial charge in [-0.25, -0.2) is 0 Å². The molecule has 0 bridgehead atoms. The number of hydrogen-bond acceptors (Lipinski definition) is 3. The maximum Gasteiger partial charge on any atom is 0.432 e. The van der Waals surface area contributed by atoms with Gasteiger partial charge in [-0.3, -0.25) is 4.55 Å². The van der Waals surface area contributed by atoms with Crippen LogP contribution in [0.15, 0.2) is 93.5 Å². The molecular weight excluding hydrogens is 523 g/mol. The van der Waals surface area contributed by atoms with Gasteiger partial charge < -0.3 is 4.74 Å². The lowest BCUT2D eigenvalue weighted by Crippen LogP contribution is -2.53. The maximum atomic E-state index is 13.9. The molecule has 36 heavy (non-hydrogen) atoms. The van der Waals surface area contributed by atoms with Gasteiger partial charge in [0.15, 0.2) is 14.7 Å². The average molecular weight is 548 g/mol. The van der Waals surface area contributed by atoms with Crippen molar-refractivity contribution in [3.8, 4) is 5.75 Å². The Bertz CT molecular complexity index is 1270. The van der Waals surface area contributed by atoms with Crippen LogP contribution in [-0.4, -0.2) is 30.5 Å². The van der Waals surface area contributed by atoms with Crippen LogP contribution in [0.1, 0.15) is 26.3 Å². The molecule has 2 atom stereocenters. The molecule has 0 saturated heterocycles. The summed E-state index contributed by atoms with van der Waals surface area (Å²) in [6, 6.07) is 22.3. The molecule has 0 spiro atoms. The second-order valence-electron chi connectivity index (χ2n) is 8.94. The van der Waals surface area contributed by atoms with Crippen LogP contribution in [0.4, 0.5) is 22.0 Å². The highest BCUT2D eigenvalue weighted by atomic mass is 32.2. The molecule has 0 heterocycles. The zero-order valence-electron chi connectivity index (χ0n) is 19.5. The molecule has 3 rings (SSSR count). The van der Waals surface area contributed by atoms with E-state index in [1.54, 1.807) is 0 Å². The Morgan fingerprint density at radius 3 is 1.61 bits per heavy atom. The van der Waals surface area contributed by atoms with E-state index in [9.17, 15) is 30.4 Å². The third kappa shape index (κ3) is 6.19. The Morgan fingerprint density at radius 1 is 0.750 bits per heavy atom. The third-order valence-electron chi connectivity index (χ3n) is 5.19. The topological polar surface area (TPSA) is 63.6 Å². The lowest BCUT2D eigenvalue weighted by molar-refractivity contribution is -0.239. The van der Waals surface area contributed by atoms with E-state index in [1.807, 2.05) is 54.6 Å². The van der Waals surface area contributed by atoms with E-state index in [0.29, 0.717) is 4.90 Å². The van der Waals surface area contributed by atoms with Gasteiger partial charge in [-0.05, 0) is 59.5 Å². The van der Waals surface area contributed by atoms with Gasteiger partial charge in [0.2, 0.25) is 0 Å². The van der Waals surface area contributed by atoms with E-state index in [1.165, 1.54) is 12.1 Å². The van der Waals surface area contributed by atoms with Crippen LogP contribution in [0, 0.1) is 0 Å². The van der Waals surface area contributed by atoms with Crippen molar-refractivity contribution in [1.82, 2.24) is 0 Å². The molecule has 4 nitrogen and oxygen atoms in total. The van der Waals surface area contributed by atoms with Gasteiger partial charge in [-0.15, -0.1) is 0 Å². The molecule has 1 N–H and O–H groups in total. The summed E-state index contributed by atoms with van der Waals surface area (Å²) in [4.78, 5) is 2.51. The Morgan fingerprint density at radius 2 is 1.19 bits per heavy atom. The Hall–Kier alpha value is -2.63. The van der Waals surface area contributed by atoms with E-state index in [-0.39, 0.29) is 5.41 Å². The van der Waals surface area contributed by atoms with Gasteiger partial charge in [-0.1, -0.05) is 51.1 Å². The predicted octanol–water partition coefficient (Wildman–Crippen LogP) is 6.87.